The molecule has 4 heteroatoms. The Morgan fingerprint density at radius 1 is 1.62 bits per heavy atom. The largest absolute Gasteiger partial charge is 0.241 e. The zero-order chi connectivity index (χ0) is 5.98. The lowest BCUT2D eigenvalue weighted by Gasteiger charge is -2.11. The lowest BCUT2D eigenvalue weighted by Crippen LogP contribution is -2.20. The molecule has 1 unspecified atom stereocenters. The minimum absolute atomic E-state index is 0.559. The molecule has 0 bridgehead atoms. The summed E-state index contributed by atoms with van der Waals surface area (Å²) in [6.07, 6.45) is 3.77. The van der Waals surface area contributed by atoms with Crippen LogP contribution in [-0.2, 0) is 11.0 Å². The Kier molecular flexibility index (Phi) is 2.05. The summed E-state index contributed by atoms with van der Waals surface area (Å²) in [6.45, 7) is 0.591. The first-order valence-corrected chi connectivity index (χ1v) is 3.89. The van der Waals surface area contributed by atoms with E-state index < -0.39 is 11.0 Å². The number of halogens is 1. The van der Waals surface area contributed by atoms with Gasteiger partial charge in [0.1, 0.15) is 11.0 Å². The Morgan fingerprint density at radius 3 is 2.75 bits per heavy atom. The SMILES string of the molecule is O=S1CC=CCN1Cl. The van der Waals surface area contributed by atoms with Crippen LogP contribution in [0.2, 0.25) is 0 Å². The van der Waals surface area contributed by atoms with Gasteiger partial charge in [-0.2, -0.15) is 0 Å². The molecule has 2 nitrogen and oxygen atoms in total. The fourth-order valence-corrected chi connectivity index (χ4v) is 1.44. The molecule has 1 rings (SSSR count). The van der Waals surface area contributed by atoms with E-state index in [0.29, 0.717) is 12.3 Å². The van der Waals surface area contributed by atoms with Crippen LogP contribution in [-0.4, -0.2) is 20.3 Å². The van der Waals surface area contributed by atoms with E-state index in [1.807, 2.05) is 12.2 Å². The Labute approximate surface area is 55.8 Å². The van der Waals surface area contributed by atoms with Crippen LogP contribution in [0.15, 0.2) is 12.2 Å². The molecule has 0 amide bonds. The van der Waals surface area contributed by atoms with E-state index in [-0.39, 0.29) is 0 Å². The summed E-state index contributed by atoms with van der Waals surface area (Å²) in [6, 6.07) is 0. The van der Waals surface area contributed by atoms with Gasteiger partial charge in [-0.15, -0.1) is 3.82 Å². The van der Waals surface area contributed by atoms with Crippen molar-refractivity contribution in [2.24, 2.45) is 0 Å². The maximum absolute atomic E-state index is 10.6. The third-order valence-electron chi connectivity index (χ3n) is 0.875. The van der Waals surface area contributed by atoms with E-state index in [9.17, 15) is 4.21 Å². The third-order valence-corrected chi connectivity index (χ3v) is 2.54. The van der Waals surface area contributed by atoms with Crippen LogP contribution < -0.4 is 0 Å². The highest BCUT2D eigenvalue weighted by atomic mass is 35.5. The van der Waals surface area contributed by atoms with E-state index in [1.54, 1.807) is 0 Å². The van der Waals surface area contributed by atoms with E-state index in [0.717, 1.165) is 0 Å². The van der Waals surface area contributed by atoms with Gasteiger partial charge in [0.25, 0.3) is 0 Å². The first-order chi connectivity index (χ1) is 3.80. The summed E-state index contributed by atoms with van der Waals surface area (Å²) in [5.41, 5.74) is 0. The molecule has 1 heterocycles. The second-order valence-corrected chi connectivity index (χ2v) is 3.49. The molecule has 0 spiro atoms. The van der Waals surface area contributed by atoms with Crippen LogP contribution in [0, 0.1) is 0 Å². The van der Waals surface area contributed by atoms with Crippen molar-refractivity contribution in [2.45, 2.75) is 0 Å². The van der Waals surface area contributed by atoms with Crippen LogP contribution in [0.3, 0.4) is 0 Å². The van der Waals surface area contributed by atoms with E-state index in [4.69, 9.17) is 11.8 Å². The number of rotatable bonds is 0. The van der Waals surface area contributed by atoms with Crippen molar-refractivity contribution in [3.05, 3.63) is 12.2 Å². The highest BCUT2D eigenvalue weighted by Gasteiger charge is 2.09. The highest BCUT2D eigenvalue weighted by molar-refractivity contribution is 7.83. The molecule has 1 atom stereocenters. The summed E-state index contributed by atoms with van der Waals surface area (Å²) in [5.74, 6) is 0.559. The Hall–Kier alpha value is 0.140. The van der Waals surface area contributed by atoms with E-state index in [1.165, 1.54) is 3.82 Å². The summed E-state index contributed by atoms with van der Waals surface area (Å²) < 4.78 is 11.9. The molecule has 0 saturated carbocycles. The second kappa shape index (κ2) is 2.62. The van der Waals surface area contributed by atoms with Gasteiger partial charge < -0.3 is 0 Å². The first kappa shape index (κ1) is 6.26. The average molecular weight is 152 g/mol. The molecule has 0 aromatic rings. The standard InChI is InChI=1S/C4H6ClNOS/c5-6-3-1-2-4-8(6)7/h1-2H,3-4H2. The maximum Gasteiger partial charge on any atom is 0.113 e. The third kappa shape index (κ3) is 1.31. The normalized spacial score (nSPS) is 30.9. The van der Waals surface area contributed by atoms with Crippen LogP contribution >= 0.6 is 11.8 Å². The van der Waals surface area contributed by atoms with Gasteiger partial charge in [0.2, 0.25) is 0 Å². The molecule has 1 aliphatic heterocycles. The molecular weight excluding hydrogens is 146 g/mol. The Bertz CT molecular complexity index is 136. The smallest absolute Gasteiger partial charge is 0.113 e. The summed E-state index contributed by atoms with van der Waals surface area (Å²) in [7, 11) is -0.973. The number of hydrogen-bond donors (Lipinski definition) is 0. The van der Waals surface area contributed by atoms with Crippen LogP contribution in [0.25, 0.3) is 0 Å². The van der Waals surface area contributed by atoms with Gasteiger partial charge in [-0.05, 0) is 11.8 Å². The predicted octanol–water partition coefficient (Wildman–Crippen LogP) is 0.676. The molecule has 0 N–H and O–H groups in total. The summed E-state index contributed by atoms with van der Waals surface area (Å²) in [4.78, 5) is 0. The van der Waals surface area contributed by atoms with Gasteiger partial charge in [-0.1, -0.05) is 12.2 Å². The maximum atomic E-state index is 10.6. The molecule has 0 aromatic heterocycles. The van der Waals surface area contributed by atoms with Gasteiger partial charge in [0.05, 0.1) is 5.75 Å². The molecule has 0 fully saturated rings. The zero-order valence-corrected chi connectivity index (χ0v) is 5.78. The fourth-order valence-electron chi connectivity index (χ4n) is 0.472. The zero-order valence-electron chi connectivity index (χ0n) is 4.21. The molecule has 1 aliphatic rings. The van der Waals surface area contributed by atoms with Crippen molar-refractivity contribution in [1.82, 2.24) is 3.82 Å². The predicted molar refractivity (Wildman–Crippen MR) is 34.7 cm³/mol. The van der Waals surface area contributed by atoms with Crippen molar-refractivity contribution in [2.75, 3.05) is 12.3 Å². The van der Waals surface area contributed by atoms with E-state index >= 15 is 0 Å². The van der Waals surface area contributed by atoms with Crippen molar-refractivity contribution in [3.8, 4) is 0 Å². The van der Waals surface area contributed by atoms with Gasteiger partial charge in [-0.3, -0.25) is 0 Å². The molecule has 0 radical (unpaired) electrons. The van der Waals surface area contributed by atoms with Crippen molar-refractivity contribution >= 4 is 22.8 Å². The Balaban J connectivity index is 2.57. The molecular formula is C4H6ClNOS. The molecule has 0 saturated heterocycles. The van der Waals surface area contributed by atoms with Crippen molar-refractivity contribution in [3.63, 3.8) is 0 Å². The topological polar surface area (TPSA) is 20.3 Å². The quantitative estimate of drug-likeness (QED) is 0.368. The van der Waals surface area contributed by atoms with Crippen LogP contribution in [0.1, 0.15) is 0 Å². The number of nitrogens with zero attached hydrogens (tertiary/aromatic N) is 1. The summed E-state index contributed by atoms with van der Waals surface area (Å²) in [5, 5.41) is 0. The van der Waals surface area contributed by atoms with Crippen molar-refractivity contribution in [1.29, 1.82) is 0 Å². The minimum Gasteiger partial charge on any atom is -0.241 e. The number of hydrogen-bond acceptors (Lipinski definition) is 1. The van der Waals surface area contributed by atoms with E-state index in [2.05, 4.69) is 0 Å². The molecule has 0 aromatic carbocycles. The van der Waals surface area contributed by atoms with Crippen LogP contribution in [0.5, 0.6) is 0 Å². The van der Waals surface area contributed by atoms with Gasteiger partial charge in [-0.25, -0.2) is 4.21 Å². The highest BCUT2D eigenvalue weighted by Crippen LogP contribution is 2.04. The molecule has 0 aliphatic carbocycles. The molecule has 8 heavy (non-hydrogen) atoms. The fraction of sp³-hybridized carbons (Fsp3) is 0.500. The van der Waals surface area contributed by atoms with Crippen molar-refractivity contribution < 1.29 is 4.21 Å². The van der Waals surface area contributed by atoms with Gasteiger partial charge in [0, 0.05) is 6.54 Å². The average Bonchev–Trinajstić information content (AvgIpc) is 1.77. The monoisotopic (exact) mass is 151 g/mol. The Morgan fingerprint density at radius 2 is 2.38 bits per heavy atom. The van der Waals surface area contributed by atoms with Gasteiger partial charge >= 0.3 is 0 Å². The minimum atomic E-state index is -0.973. The second-order valence-electron chi connectivity index (χ2n) is 1.46. The first-order valence-electron chi connectivity index (χ1n) is 2.27. The lowest BCUT2D eigenvalue weighted by atomic mass is 10.5. The molecule has 46 valence electrons. The summed E-state index contributed by atoms with van der Waals surface area (Å²) >= 11 is 5.45. The lowest BCUT2D eigenvalue weighted by molar-refractivity contribution is 0.642. The van der Waals surface area contributed by atoms with Gasteiger partial charge in [0.15, 0.2) is 0 Å². The van der Waals surface area contributed by atoms with Crippen LogP contribution in [0.4, 0.5) is 0 Å².